The molecule has 1 heterocycles. The van der Waals surface area contributed by atoms with Gasteiger partial charge in [0.1, 0.15) is 0 Å². The van der Waals surface area contributed by atoms with Crippen LogP contribution in [0.1, 0.15) is 32.6 Å². The van der Waals surface area contributed by atoms with Crippen LogP contribution in [0.15, 0.2) is 40.1 Å². The van der Waals surface area contributed by atoms with Crippen molar-refractivity contribution in [2.24, 2.45) is 5.92 Å². The molecule has 0 N–H and O–H groups in total. The molecule has 4 rings (SSSR count). The first kappa shape index (κ1) is 16.2. The molecule has 0 saturated heterocycles. The minimum Gasteiger partial charge on any atom is -0.336 e. The average Bonchev–Trinajstić information content (AvgIpc) is 3.53. The van der Waals surface area contributed by atoms with E-state index >= 15 is 0 Å². The fourth-order valence-corrected chi connectivity index (χ4v) is 4.89. The highest BCUT2D eigenvalue weighted by Gasteiger charge is 2.41. The summed E-state index contributed by atoms with van der Waals surface area (Å²) in [5.41, 5.74) is 2.13. The first-order chi connectivity index (χ1) is 11.7. The Bertz CT molecular complexity index is 707. The van der Waals surface area contributed by atoms with Gasteiger partial charge >= 0.3 is 0 Å². The van der Waals surface area contributed by atoms with E-state index in [1.165, 1.54) is 25.7 Å². The Balaban J connectivity index is 1.37. The molecule has 2 aromatic rings. The van der Waals surface area contributed by atoms with Crippen LogP contribution in [0.3, 0.4) is 0 Å². The van der Waals surface area contributed by atoms with Crippen molar-refractivity contribution in [2.75, 3.05) is 5.75 Å². The van der Waals surface area contributed by atoms with Crippen molar-refractivity contribution >= 4 is 29.0 Å². The van der Waals surface area contributed by atoms with E-state index in [0.717, 1.165) is 21.5 Å². The molecule has 0 radical (unpaired) electrons. The maximum atomic E-state index is 12.7. The minimum atomic E-state index is 0.290. The number of benzene rings is 1. The summed E-state index contributed by atoms with van der Waals surface area (Å²) >= 11 is 3.21. The summed E-state index contributed by atoms with van der Waals surface area (Å²) < 4.78 is 0.983. The smallest absolute Gasteiger partial charge is 0.233 e. The lowest BCUT2D eigenvalue weighted by atomic mass is 10.2. The standard InChI is InChI=1S/C19H22N2OS2/c1-13(14-7-8-14)21(16-9-10-16)18(22)12-24-19-20-17(11-23-19)15-5-3-2-4-6-15/h2-6,11,13-14,16H,7-10,12H2,1H3. The number of hydrogen-bond acceptors (Lipinski definition) is 4. The quantitative estimate of drug-likeness (QED) is 0.673. The van der Waals surface area contributed by atoms with E-state index in [0.29, 0.717) is 23.7 Å². The molecule has 2 aliphatic carbocycles. The SMILES string of the molecule is CC(C1CC1)N(C(=O)CSc1nc(-c2ccccc2)cs1)C1CC1. The summed E-state index contributed by atoms with van der Waals surface area (Å²) in [5, 5.41) is 2.08. The van der Waals surface area contributed by atoms with Crippen molar-refractivity contribution < 1.29 is 4.79 Å². The van der Waals surface area contributed by atoms with E-state index < -0.39 is 0 Å². The topological polar surface area (TPSA) is 33.2 Å². The van der Waals surface area contributed by atoms with Crippen LogP contribution >= 0.6 is 23.1 Å². The van der Waals surface area contributed by atoms with Crippen LogP contribution in [-0.4, -0.2) is 33.6 Å². The van der Waals surface area contributed by atoms with Gasteiger partial charge in [0.2, 0.25) is 5.91 Å². The van der Waals surface area contributed by atoms with Gasteiger partial charge in [0, 0.05) is 23.0 Å². The number of amides is 1. The van der Waals surface area contributed by atoms with Crippen LogP contribution in [0.4, 0.5) is 0 Å². The summed E-state index contributed by atoms with van der Waals surface area (Å²) in [6, 6.07) is 11.1. The van der Waals surface area contributed by atoms with Crippen molar-refractivity contribution in [3.8, 4) is 11.3 Å². The van der Waals surface area contributed by atoms with Crippen molar-refractivity contribution in [3.05, 3.63) is 35.7 Å². The second-order valence-electron chi connectivity index (χ2n) is 6.76. The molecule has 0 spiro atoms. The first-order valence-electron chi connectivity index (χ1n) is 8.67. The number of carbonyl (C=O) groups excluding carboxylic acids is 1. The zero-order valence-electron chi connectivity index (χ0n) is 13.9. The van der Waals surface area contributed by atoms with Gasteiger partial charge in [0.15, 0.2) is 4.34 Å². The molecule has 5 heteroatoms. The summed E-state index contributed by atoms with van der Waals surface area (Å²) in [7, 11) is 0. The molecule has 1 atom stereocenters. The van der Waals surface area contributed by atoms with Crippen LogP contribution in [0, 0.1) is 5.92 Å². The molecule has 2 fully saturated rings. The van der Waals surface area contributed by atoms with Gasteiger partial charge in [-0.15, -0.1) is 11.3 Å². The summed E-state index contributed by atoms with van der Waals surface area (Å²) in [5.74, 6) is 1.54. The van der Waals surface area contributed by atoms with Gasteiger partial charge in [-0.2, -0.15) is 0 Å². The lowest BCUT2D eigenvalue weighted by molar-refractivity contribution is -0.131. The van der Waals surface area contributed by atoms with Crippen LogP contribution in [0.25, 0.3) is 11.3 Å². The molecule has 1 aromatic heterocycles. The lowest BCUT2D eigenvalue weighted by Crippen LogP contribution is -2.42. The Morgan fingerprint density at radius 2 is 2.04 bits per heavy atom. The van der Waals surface area contributed by atoms with E-state index in [1.54, 1.807) is 23.1 Å². The first-order valence-corrected chi connectivity index (χ1v) is 10.5. The van der Waals surface area contributed by atoms with Gasteiger partial charge in [-0.1, -0.05) is 42.1 Å². The minimum absolute atomic E-state index is 0.290. The Hall–Kier alpha value is -1.33. The maximum Gasteiger partial charge on any atom is 0.233 e. The van der Waals surface area contributed by atoms with Gasteiger partial charge in [0.25, 0.3) is 0 Å². The largest absolute Gasteiger partial charge is 0.336 e. The molecule has 3 nitrogen and oxygen atoms in total. The van der Waals surface area contributed by atoms with E-state index in [1.807, 2.05) is 18.2 Å². The van der Waals surface area contributed by atoms with E-state index in [4.69, 9.17) is 0 Å². The van der Waals surface area contributed by atoms with Gasteiger partial charge in [-0.3, -0.25) is 4.79 Å². The molecule has 24 heavy (non-hydrogen) atoms. The molecule has 2 saturated carbocycles. The number of nitrogens with zero attached hydrogens (tertiary/aromatic N) is 2. The normalized spacial score (nSPS) is 18.4. The number of hydrogen-bond donors (Lipinski definition) is 0. The fraction of sp³-hybridized carbons (Fsp3) is 0.474. The molecule has 1 aromatic carbocycles. The summed E-state index contributed by atoms with van der Waals surface area (Å²) in [6.45, 7) is 2.23. The lowest BCUT2D eigenvalue weighted by Gasteiger charge is -2.29. The summed E-state index contributed by atoms with van der Waals surface area (Å²) in [6.07, 6.45) is 4.95. The van der Waals surface area contributed by atoms with Gasteiger partial charge in [0.05, 0.1) is 11.4 Å². The van der Waals surface area contributed by atoms with Gasteiger partial charge < -0.3 is 4.90 Å². The highest BCUT2D eigenvalue weighted by molar-refractivity contribution is 8.01. The van der Waals surface area contributed by atoms with E-state index in [9.17, 15) is 4.79 Å². The number of thiazole rings is 1. The van der Waals surface area contributed by atoms with Crippen molar-refractivity contribution in [3.63, 3.8) is 0 Å². The van der Waals surface area contributed by atoms with Crippen molar-refractivity contribution in [1.82, 2.24) is 9.88 Å². The van der Waals surface area contributed by atoms with Crippen LogP contribution in [0.2, 0.25) is 0 Å². The second kappa shape index (κ2) is 6.89. The molecular weight excluding hydrogens is 336 g/mol. The monoisotopic (exact) mass is 358 g/mol. The second-order valence-corrected chi connectivity index (χ2v) is 8.84. The Morgan fingerprint density at radius 1 is 1.29 bits per heavy atom. The molecule has 126 valence electrons. The van der Waals surface area contributed by atoms with Crippen LogP contribution < -0.4 is 0 Å². The van der Waals surface area contributed by atoms with Gasteiger partial charge in [-0.05, 0) is 38.5 Å². The number of aromatic nitrogens is 1. The van der Waals surface area contributed by atoms with E-state index in [-0.39, 0.29) is 0 Å². The Morgan fingerprint density at radius 3 is 2.71 bits per heavy atom. The molecule has 1 unspecified atom stereocenters. The summed E-state index contributed by atoms with van der Waals surface area (Å²) in [4.78, 5) is 19.6. The molecule has 0 aliphatic heterocycles. The predicted molar refractivity (Wildman–Crippen MR) is 100 cm³/mol. The average molecular weight is 359 g/mol. The van der Waals surface area contributed by atoms with Crippen molar-refractivity contribution in [2.45, 2.75) is 49.0 Å². The zero-order chi connectivity index (χ0) is 16.5. The zero-order valence-corrected chi connectivity index (χ0v) is 15.5. The maximum absolute atomic E-state index is 12.7. The third kappa shape index (κ3) is 3.67. The Labute approximate surface area is 151 Å². The molecule has 1 amide bonds. The third-order valence-corrected chi connectivity index (χ3v) is 6.85. The highest BCUT2D eigenvalue weighted by atomic mass is 32.2. The molecule has 2 aliphatic rings. The van der Waals surface area contributed by atoms with Crippen LogP contribution in [-0.2, 0) is 4.79 Å². The van der Waals surface area contributed by atoms with Crippen LogP contribution in [0.5, 0.6) is 0 Å². The predicted octanol–water partition coefficient (Wildman–Crippen LogP) is 4.69. The Kier molecular flexibility index (Phi) is 4.63. The third-order valence-electron chi connectivity index (χ3n) is 4.84. The fourth-order valence-electron chi connectivity index (χ4n) is 3.18. The van der Waals surface area contributed by atoms with E-state index in [2.05, 4.69) is 34.3 Å². The van der Waals surface area contributed by atoms with Gasteiger partial charge in [-0.25, -0.2) is 4.98 Å². The molecular formula is C19H22N2OS2. The highest BCUT2D eigenvalue weighted by Crippen LogP contribution is 2.40. The number of carbonyl (C=O) groups is 1. The van der Waals surface area contributed by atoms with Crippen molar-refractivity contribution in [1.29, 1.82) is 0 Å². The molecule has 0 bridgehead atoms. The number of rotatable bonds is 7. The number of thioether (sulfide) groups is 1.